The Kier molecular flexibility index (Phi) is 5.15. The van der Waals surface area contributed by atoms with Crippen molar-refractivity contribution >= 4 is 0 Å². The molecular formula is C17H18F3NO2. The monoisotopic (exact) mass is 325 g/mol. The van der Waals surface area contributed by atoms with Crippen molar-refractivity contribution in [1.82, 2.24) is 0 Å². The molecule has 0 spiro atoms. The average Bonchev–Trinajstić information content (AvgIpc) is 2.47. The Balaban J connectivity index is 2.46. The highest BCUT2D eigenvalue weighted by molar-refractivity contribution is 5.70. The lowest BCUT2D eigenvalue weighted by Gasteiger charge is -2.16. The smallest absolute Gasteiger partial charge is 0.488 e. The molecule has 3 nitrogen and oxygen atoms in total. The van der Waals surface area contributed by atoms with Crippen molar-refractivity contribution in [2.75, 3.05) is 13.2 Å². The fourth-order valence-electron chi connectivity index (χ4n) is 2.22. The Bertz CT molecular complexity index is 684. The van der Waals surface area contributed by atoms with E-state index >= 15 is 0 Å². The summed E-state index contributed by atoms with van der Waals surface area (Å²) >= 11 is 0. The molecule has 0 radical (unpaired) electrons. The summed E-state index contributed by atoms with van der Waals surface area (Å²) in [6, 6.07) is 10.3. The zero-order valence-corrected chi connectivity index (χ0v) is 12.9. The maximum absolute atomic E-state index is 12.6. The Morgan fingerprint density at radius 3 is 2.39 bits per heavy atom. The van der Waals surface area contributed by atoms with Crippen LogP contribution in [-0.4, -0.2) is 19.5 Å². The van der Waals surface area contributed by atoms with Gasteiger partial charge in [0.15, 0.2) is 11.5 Å². The number of aryl methyl sites for hydroxylation is 2. The number of rotatable bonds is 5. The van der Waals surface area contributed by atoms with Crippen LogP contribution in [0.25, 0.3) is 11.1 Å². The van der Waals surface area contributed by atoms with E-state index in [0.29, 0.717) is 5.56 Å². The van der Waals surface area contributed by atoms with Gasteiger partial charge in [-0.3, -0.25) is 0 Å². The molecular weight excluding hydrogens is 307 g/mol. The second kappa shape index (κ2) is 6.91. The third kappa shape index (κ3) is 4.63. The highest BCUT2D eigenvalue weighted by Crippen LogP contribution is 2.37. The molecule has 2 aromatic rings. The van der Waals surface area contributed by atoms with E-state index in [0.717, 1.165) is 16.7 Å². The van der Waals surface area contributed by atoms with E-state index in [1.807, 2.05) is 32.0 Å². The van der Waals surface area contributed by atoms with Crippen LogP contribution in [0.4, 0.5) is 13.2 Å². The minimum absolute atomic E-state index is 0.0156. The summed E-state index contributed by atoms with van der Waals surface area (Å²) in [5, 5.41) is 0. The van der Waals surface area contributed by atoms with Gasteiger partial charge in [0.25, 0.3) is 0 Å². The van der Waals surface area contributed by atoms with E-state index in [9.17, 15) is 13.2 Å². The third-order valence-electron chi connectivity index (χ3n) is 3.25. The van der Waals surface area contributed by atoms with Gasteiger partial charge in [-0.2, -0.15) is 0 Å². The van der Waals surface area contributed by atoms with Gasteiger partial charge < -0.3 is 15.2 Å². The molecule has 0 saturated heterocycles. The molecule has 124 valence electrons. The van der Waals surface area contributed by atoms with Gasteiger partial charge in [0.1, 0.15) is 6.61 Å². The van der Waals surface area contributed by atoms with Crippen LogP contribution in [-0.2, 0) is 0 Å². The molecule has 0 aliphatic rings. The summed E-state index contributed by atoms with van der Waals surface area (Å²) in [7, 11) is 0. The molecule has 2 rings (SSSR count). The van der Waals surface area contributed by atoms with E-state index in [1.165, 1.54) is 12.1 Å². The predicted octanol–water partition coefficient (Wildman–Crippen LogP) is 4.21. The van der Waals surface area contributed by atoms with Crippen molar-refractivity contribution in [3.63, 3.8) is 0 Å². The first-order chi connectivity index (χ1) is 10.8. The Labute approximate surface area is 132 Å². The van der Waals surface area contributed by atoms with Gasteiger partial charge in [-0.1, -0.05) is 29.8 Å². The minimum Gasteiger partial charge on any atom is -0.488 e. The van der Waals surface area contributed by atoms with E-state index in [-0.39, 0.29) is 24.7 Å². The first-order valence-electron chi connectivity index (χ1n) is 7.10. The first kappa shape index (κ1) is 17.1. The molecule has 0 saturated carbocycles. The van der Waals surface area contributed by atoms with Crippen LogP contribution >= 0.6 is 0 Å². The van der Waals surface area contributed by atoms with Crippen LogP contribution in [0.5, 0.6) is 11.5 Å². The van der Waals surface area contributed by atoms with Crippen LogP contribution in [0.1, 0.15) is 11.1 Å². The van der Waals surface area contributed by atoms with Crippen molar-refractivity contribution in [2.45, 2.75) is 20.2 Å². The van der Waals surface area contributed by atoms with Crippen LogP contribution in [0, 0.1) is 13.8 Å². The summed E-state index contributed by atoms with van der Waals surface area (Å²) in [4.78, 5) is 0. The zero-order chi connectivity index (χ0) is 17.0. The molecule has 0 unspecified atom stereocenters. The van der Waals surface area contributed by atoms with Crippen molar-refractivity contribution in [3.05, 3.63) is 47.5 Å². The predicted molar refractivity (Wildman–Crippen MR) is 82.6 cm³/mol. The molecule has 0 aliphatic carbocycles. The average molecular weight is 325 g/mol. The number of hydrogen-bond donors (Lipinski definition) is 1. The van der Waals surface area contributed by atoms with Crippen molar-refractivity contribution < 1.29 is 22.6 Å². The molecule has 2 aromatic carbocycles. The van der Waals surface area contributed by atoms with Gasteiger partial charge in [-0.25, -0.2) is 0 Å². The maximum atomic E-state index is 12.6. The van der Waals surface area contributed by atoms with E-state index in [2.05, 4.69) is 4.74 Å². The van der Waals surface area contributed by atoms with Crippen LogP contribution in [0.15, 0.2) is 36.4 Å². The molecule has 0 amide bonds. The van der Waals surface area contributed by atoms with Gasteiger partial charge in [-0.05, 0) is 42.7 Å². The fraction of sp³-hybridized carbons (Fsp3) is 0.294. The molecule has 23 heavy (non-hydrogen) atoms. The van der Waals surface area contributed by atoms with Crippen molar-refractivity contribution in [2.24, 2.45) is 5.73 Å². The van der Waals surface area contributed by atoms with Gasteiger partial charge in [0.05, 0.1) is 0 Å². The largest absolute Gasteiger partial charge is 0.573 e. The molecule has 0 atom stereocenters. The number of benzene rings is 2. The van der Waals surface area contributed by atoms with E-state index in [4.69, 9.17) is 10.5 Å². The summed E-state index contributed by atoms with van der Waals surface area (Å²) in [6.45, 7) is 4.13. The van der Waals surface area contributed by atoms with Gasteiger partial charge in [0, 0.05) is 6.54 Å². The Morgan fingerprint density at radius 2 is 1.74 bits per heavy atom. The minimum atomic E-state index is -4.79. The standard InChI is InChI=1S/C17H18F3NO2/c1-11-3-4-12(2)14(9-11)13-5-6-15(22-8-7-21)16(10-13)23-17(18,19)20/h3-6,9-10H,7-8,21H2,1-2H3. The fourth-order valence-corrected chi connectivity index (χ4v) is 2.22. The third-order valence-corrected chi connectivity index (χ3v) is 3.25. The lowest BCUT2D eigenvalue weighted by Crippen LogP contribution is -2.18. The topological polar surface area (TPSA) is 44.5 Å². The normalized spacial score (nSPS) is 11.4. The number of halogens is 3. The SMILES string of the molecule is Cc1ccc(C)c(-c2ccc(OCCN)c(OC(F)(F)F)c2)c1. The second-order valence-electron chi connectivity index (χ2n) is 5.16. The number of alkyl halides is 3. The van der Waals surface area contributed by atoms with Crippen LogP contribution in [0.2, 0.25) is 0 Å². The van der Waals surface area contributed by atoms with Crippen LogP contribution in [0.3, 0.4) is 0 Å². The lowest BCUT2D eigenvalue weighted by molar-refractivity contribution is -0.275. The number of nitrogens with two attached hydrogens (primary N) is 1. The Hall–Kier alpha value is -2.21. The van der Waals surface area contributed by atoms with Gasteiger partial charge in [-0.15, -0.1) is 13.2 Å². The summed E-state index contributed by atoms with van der Waals surface area (Å²) in [6.07, 6.45) is -4.79. The van der Waals surface area contributed by atoms with E-state index < -0.39 is 6.36 Å². The quantitative estimate of drug-likeness (QED) is 0.896. The lowest BCUT2D eigenvalue weighted by atomic mass is 9.98. The molecule has 0 aliphatic heterocycles. The van der Waals surface area contributed by atoms with Crippen molar-refractivity contribution in [3.8, 4) is 22.6 Å². The van der Waals surface area contributed by atoms with Gasteiger partial charge in [0.2, 0.25) is 0 Å². The second-order valence-corrected chi connectivity index (χ2v) is 5.16. The molecule has 0 heterocycles. The summed E-state index contributed by atoms with van der Waals surface area (Å²) in [5.74, 6) is -0.355. The molecule has 0 bridgehead atoms. The van der Waals surface area contributed by atoms with Crippen molar-refractivity contribution in [1.29, 1.82) is 0 Å². The highest BCUT2D eigenvalue weighted by atomic mass is 19.4. The summed E-state index contributed by atoms with van der Waals surface area (Å²) < 4.78 is 47.2. The van der Waals surface area contributed by atoms with Gasteiger partial charge >= 0.3 is 6.36 Å². The first-order valence-corrected chi connectivity index (χ1v) is 7.10. The number of hydrogen-bond acceptors (Lipinski definition) is 3. The van der Waals surface area contributed by atoms with Crippen LogP contribution < -0.4 is 15.2 Å². The zero-order valence-electron chi connectivity index (χ0n) is 12.9. The Morgan fingerprint density at radius 1 is 1.00 bits per heavy atom. The molecule has 0 fully saturated rings. The highest BCUT2D eigenvalue weighted by Gasteiger charge is 2.32. The maximum Gasteiger partial charge on any atom is 0.573 e. The summed E-state index contributed by atoms with van der Waals surface area (Å²) in [5.41, 5.74) is 8.79. The van der Waals surface area contributed by atoms with E-state index in [1.54, 1.807) is 6.07 Å². The molecule has 6 heteroatoms. The molecule has 2 N–H and O–H groups in total. The molecule has 0 aromatic heterocycles. The number of ether oxygens (including phenoxy) is 2.